The van der Waals surface area contributed by atoms with E-state index in [9.17, 15) is 14.3 Å². The molecular weight excluding hydrogens is 435 g/mol. The van der Waals surface area contributed by atoms with Gasteiger partial charge in [0.15, 0.2) is 11.6 Å². The summed E-state index contributed by atoms with van der Waals surface area (Å²) in [7, 11) is 0. The van der Waals surface area contributed by atoms with Gasteiger partial charge in [-0.05, 0) is 74.0 Å². The SMILES string of the molecule is O=C(O)[C@H]1[C@H]2CC[C@H](CC2)[C@@H]1Nc1nc(-c2c[nH]c3ncc(F)cc23)nn2ccc(C3CC3)c12. The van der Waals surface area contributed by atoms with Crippen molar-refractivity contribution in [3.8, 4) is 11.4 Å². The van der Waals surface area contributed by atoms with Gasteiger partial charge in [-0.25, -0.2) is 18.9 Å². The average Bonchev–Trinajstić information content (AvgIpc) is 3.45. The molecule has 8 nitrogen and oxygen atoms in total. The van der Waals surface area contributed by atoms with E-state index < -0.39 is 17.7 Å². The summed E-state index contributed by atoms with van der Waals surface area (Å²) < 4.78 is 15.8. The van der Waals surface area contributed by atoms with Gasteiger partial charge in [0.25, 0.3) is 0 Å². The number of nitrogens with zero attached hydrogens (tertiary/aromatic N) is 4. The van der Waals surface area contributed by atoms with Crippen molar-refractivity contribution in [2.45, 2.75) is 50.5 Å². The largest absolute Gasteiger partial charge is 0.481 e. The first kappa shape index (κ1) is 19.9. The van der Waals surface area contributed by atoms with Crippen molar-refractivity contribution in [1.82, 2.24) is 24.6 Å². The van der Waals surface area contributed by atoms with Gasteiger partial charge in [-0.1, -0.05) is 0 Å². The van der Waals surface area contributed by atoms with Crippen molar-refractivity contribution >= 4 is 28.3 Å². The molecule has 0 saturated heterocycles. The standard InChI is InChI=1S/C25H25FN6O2/c26-15-9-17-18(11-28-22(17)27-10-15)23-30-24(21-16(12-1-2-12)7-8-32(21)31-23)29-20-14-5-3-13(4-6-14)19(20)25(33)34/h7-14,19-20H,1-6H2,(H,27,28)(H,33,34)(H,29,30,31)/t13-,14+,19-,20-/m0/s1. The van der Waals surface area contributed by atoms with Gasteiger partial charge in [0.2, 0.25) is 0 Å². The minimum atomic E-state index is -0.729. The minimum absolute atomic E-state index is 0.166. The first-order chi connectivity index (χ1) is 16.6. The summed E-state index contributed by atoms with van der Waals surface area (Å²) in [4.78, 5) is 24.4. The normalized spacial score (nSPS) is 26.4. The van der Waals surface area contributed by atoms with Gasteiger partial charge in [-0.2, -0.15) is 0 Å². The number of carboxylic acids is 1. The molecule has 2 bridgehead atoms. The van der Waals surface area contributed by atoms with Crippen LogP contribution in [0.5, 0.6) is 0 Å². The molecule has 8 rings (SSSR count). The van der Waals surface area contributed by atoms with E-state index in [0.717, 1.165) is 44.0 Å². The molecule has 4 aromatic rings. The Bertz CT molecular complexity index is 1430. The van der Waals surface area contributed by atoms with E-state index in [0.29, 0.717) is 40.1 Å². The van der Waals surface area contributed by atoms with Gasteiger partial charge < -0.3 is 15.4 Å². The molecule has 0 radical (unpaired) electrons. The van der Waals surface area contributed by atoms with Crippen molar-refractivity contribution in [2.24, 2.45) is 17.8 Å². The van der Waals surface area contributed by atoms with Crippen LogP contribution in [0.25, 0.3) is 27.9 Å². The molecule has 0 aliphatic heterocycles. The number of H-pyrrole nitrogens is 1. The lowest BCUT2D eigenvalue weighted by molar-refractivity contribution is -0.148. The number of carboxylic acid groups (broad SMARTS) is 1. The molecule has 2 atom stereocenters. The Hall–Kier alpha value is -3.49. The molecular formula is C25H25FN6O2. The monoisotopic (exact) mass is 460 g/mol. The zero-order valence-electron chi connectivity index (χ0n) is 18.5. The maximum absolute atomic E-state index is 14.0. The number of aliphatic carboxylic acids is 1. The maximum atomic E-state index is 14.0. The Kier molecular flexibility index (Phi) is 4.25. The highest BCUT2D eigenvalue weighted by Gasteiger charge is 2.47. The summed E-state index contributed by atoms with van der Waals surface area (Å²) in [6, 6.07) is 3.36. The van der Waals surface area contributed by atoms with Crippen LogP contribution >= 0.6 is 0 Å². The lowest BCUT2D eigenvalue weighted by Gasteiger charge is -2.47. The maximum Gasteiger partial charge on any atom is 0.308 e. The number of aromatic nitrogens is 5. The van der Waals surface area contributed by atoms with Crippen LogP contribution < -0.4 is 5.32 Å². The fourth-order valence-corrected chi connectivity index (χ4v) is 6.32. The van der Waals surface area contributed by atoms with Gasteiger partial charge in [-0.15, -0.1) is 5.10 Å². The van der Waals surface area contributed by atoms with E-state index in [4.69, 9.17) is 10.1 Å². The van der Waals surface area contributed by atoms with Crippen LogP contribution in [0.4, 0.5) is 10.2 Å². The van der Waals surface area contributed by atoms with Crippen LogP contribution in [0.15, 0.2) is 30.7 Å². The van der Waals surface area contributed by atoms with E-state index in [-0.39, 0.29) is 12.0 Å². The molecule has 4 aromatic heterocycles. The highest BCUT2D eigenvalue weighted by molar-refractivity contribution is 5.92. The van der Waals surface area contributed by atoms with E-state index >= 15 is 0 Å². The van der Waals surface area contributed by atoms with Gasteiger partial charge in [0.05, 0.1) is 12.1 Å². The summed E-state index contributed by atoms with van der Waals surface area (Å²) in [5.74, 6) is 0.547. The van der Waals surface area contributed by atoms with Crippen molar-refractivity contribution in [1.29, 1.82) is 0 Å². The summed E-state index contributed by atoms with van der Waals surface area (Å²) in [5.41, 5.74) is 3.35. The summed E-state index contributed by atoms with van der Waals surface area (Å²) in [6.45, 7) is 0. The second-order valence-electron chi connectivity index (χ2n) is 10.1. The molecule has 0 aromatic carbocycles. The molecule has 174 valence electrons. The number of hydrogen-bond donors (Lipinski definition) is 3. The van der Waals surface area contributed by atoms with Crippen molar-refractivity contribution in [3.05, 3.63) is 42.1 Å². The summed E-state index contributed by atoms with van der Waals surface area (Å²) in [6.07, 6.45) is 11.2. The van der Waals surface area contributed by atoms with Gasteiger partial charge in [0, 0.05) is 29.4 Å². The van der Waals surface area contributed by atoms with Crippen LogP contribution in [0.2, 0.25) is 0 Å². The first-order valence-corrected chi connectivity index (χ1v) is 12.1. The smallest absolute Gasteiger partial charge is 0.308 e. The quantitative estimate of drug-likeness (QED) is 0.402. The third kappa shape index (κ3) is 3.02. The Morgan fingerprint density at radius 2 is 1.97 bits per heavy atom. The summed E-state index contributed by atoms with van der Waals surface area (Å²) in [5, 5.41) is 19.0. The Morgan fingerprint density at radius 1 is 1.18 bits per heavy atom. The number of nitrogens with one attached hydrogen (secondary N) is 2. The van der Waals surface area contributed by atoms with E-state index in [1.165, 1.54) is 17.8 Å². The number of aromatic amines is 1. The number of rotatable bonds is 5. The van der Waals surface area contributed by atoms with Gasteiger partial charge in [0.1, 0.15) is 17.0 Å². The highest BCUT2D eigenvalue weighted by atomic mass is 19.1. The molecule has 4 fully saturated rings. The lowest BCUT2D eigenvalue weighted by atomic mass is 9.61. The third-order valence-corrected chi connectivity index (χ3v) is 8.11. The first-order valence-electron chi connectivity index (χ1n) is 12.1. The molecule has 4 aliphatic rings. The van der Waals surface area contributed by atoms with Crippen LogP contribution in [0.1, 0.15) is 50.0 Å². The van der Waals surface area contributed by atoms with Crippen molar-refractivity contribution in [2.75, 3.05) is 5.32 Å². The highest BCUT2D eigenvalue weighted by Crippen LogP contribution is 2.48. The van der Waals surface area contributed by atoms with Crippen molar-refractivity contribution in [3.63, 3.8) is 0 Å². The van der Waals surface area contributed by atoms with Crippen LogP contribution in [0.3, 0.4) is 0 Å². The summed E-state index contributed by atoms with van der Waals surface area (Å²) >= 11 is 0. The van der Waals surface area contributed by atoms with Crippen LogP contribution in [-0.2, 0) is 4.79 Å². The molecule has 0 unspecified atom stereocenters. The second kappa shape index (κ2) is 7.25. The molecule has 3 N–H and O–H groups in total. The second-order valence-corrected chi connectivity index (χ2v) is 10.1. The fraction of sp³-hybridized carbons (Fsp3) is 0.440. The molecule has 4 aliphatic carbocycles. The molecule has 34 heavy (non-hydrogen) atoms. The zero-order chi connectivity index (χ0) is 23.0. The molecule has 4 saturated carbocycles. The molecule has 4 heterocycles. The predicted molar refractivity (Wildman–Crippen MR) is 124 cm³/mol. The Morgan fingerprint density at radius 3 is 2.74 bits per heavy atom. The predicted octanol–water partition coefficient (Wildman–Crippen LogP) is 4.59. The average molecular weight is 461 g/mol. The fourth-order valence-electron chi connectivity index (χ4n) is 6.32. The van der Waals surface area contributed by atoms with E-state index in [1.54, 1.807) is 6.20 Å². The lowest BCUT2D eigenvalue weighted by Crippen LogP contribution is -2.51. The van der Waals surface area contributed by atoms with E-state index in [1.807, 2.05) is 10.7 Å². The Labute approximate surface area is 194 Å². The number of carbonyl (C=O) groups is 1. The zero-order valence-corrected chi connectivity index (χ0v) is 18.5. The van der Waals surface area contributed by atoms with E-state index in [2.05, 4.69) is 21.4 Å². The van der Waals surface area contributed by atoms with Crippen LogP contribution in [0, 0.1) is 23.6 Å². The molecule has 0 amide bonds. The van der Waals surface area contributed by atoms with Gasteiger partial charge >= 0.3 is 5.97 Å². The minimum Gasteiger partial charge on any atom is -0.481 e. The van der Waals surface area contributed by atoms with Crippen molar-refractivity contribution < 1.29 is 14.3 Å². The molecule has 9 heteroatoms. The number of fused-ring (bicyclic) bond motifs is 5. The van der Waals surface area contributed by atoms with Crippen LogP contribution in [-0.4, -0.2) is 41.7 Å². The third-order valence-electron chi connectivity index (χ3n) is 8.11. The number of halogens is 1. The Balaban J connectivity index is 1.38. The number of hydrogen-bond acceptors (Lipinski definition) is 5. The number of pyridine rings is 1. The topological polar surface area (TPSA) is 108 Å². The number of anilines is 1. The van der Waals surface area contributed by atoms with Gasteiger partial charge in [-0.3, -0.25) is 4.79 Å². The molecule has 0 spiro atoms.